The highest BCUT2D eigenvalue weighted by atomic mass is 28.3. The number of aromatic nitrogens is 4. The average molecular weight is 717 g/mol. The Hall–Kier alpha value is -3.49. The van der Waals surface area contributed by atoms with E-state index in [-0.39, 0.29) is 19.5 Å². The standard InChI is InChI=1S/C37H52N6O5Si2/c1-49(2,3)22-20-45-26-47-36(48-27-46-21-23-50(4,5)6)41-34-33(30-12-13-31(39-24-30)28-10-8-7-9-11-28)35-40-32(16-19-43(35)42-34)29-14-17-37(44,25-38)18-15-29/h7-13,16,19,24,29,36,44H,14-15,17-18,20-23,26-27H2,1-6H3,(H,41,42). The van der Waals surface area contributed by atoms with Gasteiger partial charge in [0, 0.05) is 64.5 Å². The van der Waals surface area contributed by atoms with Gasteiger partial charge in [-0.25, -0.2) is 9.50 Å². The molecule has 0 radical (unpaired) electrons. The van der Waals surface area contributed by atoms with Crippen LogP contribution in [0.4, 0.5) is 5.82 Å². The number of hydrogen-bond acceptors (Lipinski definition) is 10. The smallest absolute Gasteiger partial charge is 0.243 e. The number of pyridine rings is 1. The summed E-state index contributed by atoms with van der Waals surface area (Å²) < 4.78 is 25.6. The molecule has 11 nitrogen and oxygen atoms in total. The van der Waals surface area contributed by atoms with Crippen molar-refractivity contribution in [2.24, 2.45) is 0 Å². The Kier molecular flexibility index (Phi) is 12.6. The van der Waals surface area contributed by atoms with Gasteiger partial charge in [-0.3, -0.25) is 4.98 Å². The van der Waals surface area contributed by atoms with Crippen molar-refractivity contribution in [3.63, 3.8) is 0 Å². The van der Waals surface area contributed by atoms with Crippen molar-refractivity contribution in [3.8, 4) is 28.5 Å². The molecule has 0 aliphatic heterocycles. The molecule has 5 rings (SSSR count). The second-order valence-corrected chi connectivity index (χ2v) is 26.8. The zero-order valence-electron chi connectivity index (χ0n) is 30.3. The van der Waals surface area contributed by atoms with Crippen molar-refractivity contribution in [2.45, 2.75) is 95.0 Å². The number of nitrogens with zero attached hydrogens (tertiary/aromatic N) is 5. The Morgan fingerprint density at radius 1 is 0.920 bits per heavy atom. The monoisotopic (exact) mass is 716 g/mol. The Morgan fingerprint density at radius 2 is 1.56 bits per heavy atom. The number of aliphatic hydroxyl groups is 1. The predicted octanol–water partition coefficient (Wildman–Crippen LogP) is 7.72. The number of rotatable bonds is 17. The minimum atomic E-state index is -1.27. The Labute approximate surface area is 298 Å². The van der Waals surface area contributed by atoms with E-state index in [1.165, 1.54) is 0 Å². The van der Waals surface area contributed by atoms with Gasteiger partial charge in [0.1, 0.15) is 0 Å². The molecular weight excluding hydrogens is 665 g/mol. The van der Waals surface area contributed by atoms with Gasteiger partial charge in [0.05, 0.1) is 17.3 Å². The summed E-state index contributed by atoms with van der Waals surface area (Å²) >= 11 is 0. The van der Waals surface area contributed by atoms with Crippen LogP contribution in [0.1, 0.15) is 37.3 Å². The number of nitrogens with one attached hydrogen (secondary N) is 1. The summed E-state index contributed by atoms with van der Waals surface area (Å²) in [6.07, 6.45) is 5.02. The zero-order valence-corrected chi connectivity index (χ0v) is 32.3. The summed E-state index contributed by atoms with van der Waals surface area (Å²) in [5, 5.41) is 28.2. The van der Waals surface area contributed by atoms with Crippen LogP contribution in [-0.4, -0.2) is 79.7 Å². The van der Waals surface area contributed by atoms with E-state index in [9.17, 15) is 10.4 Å². The molecule has 0 amide bonds. The van der Waals surface area contributed by atoms with Gasteiger partial charge in [-0.2, -0.15) is 5.26 Å². The van der Waals surface area contributed by atoms with E-state index in [0.717, 1.165) is 40.2 Å². The molecule has 1 aromatic carbocycles. The van der Waals surface area contributed by atoms with Gasteiger partial charge in [-0.1, -0.05) is 75.7 Å². The Balaban J connectivity index is 1.43. The molecule has 4 aromatic rings. The largest absolute Gasteiger partial charge is 0.375 e. The van der Waals surface area contributed by atoms with Crippen molar-refractivity contribution in [3.05, 3.63) is 66.6 Å². The first-order valence-corrected chi connectivity index (χ1v) is 24.9. The second-order valence-electron chi connectivity index (χ2n) is 15.5. The maximum Gasteiger partial charge on any atom is 0.243 e. The van der Waals surface area contributed by atoms with Gasteiger partial charge in [-0.05, 0) is 49.9 Å². The van der Waals surface area contributed by atoms with E-state index in [1.54, 1.807) is 4.52 Å². The number of anilines is 1. The van der Waals surface area contributed by atoms with Gasteiger partial charge in [-0.15, -0.1) is 5.10 Å². The summed E-state index contributed by atoms with van der Waals surface area (Å²) in [7, 11) is -2.51. The lowest BCUT2D eigenvalue weighted by molar-refractivity contribution is -0.214. The third-order valence-corrected chi connectivity index (χ3v) is 12.3. The third kappa shape index (κ3) is 10.8. The van der Waals surface area contributed by atoms with E-state index >= 15 is 0 Å². The predicted molar refractivity (Wildman–Crippen MR) is 201 cm³/mol. The van der Waals surface area contributed by atoms with E-state index in [0.29, 0.717) is 50.4 Å². The molecule has 0 spiro atoms. The molecule has 0 saturated heterocycles. The molecule has 1 saturated carbocycles. The van der Waals surface area contributed by atoms with Crippen LogP contribution in [0, 0.1) is 11.3 Å². The normalized spacial score (nSPS) is 18.4. The number of nitriles is 1. The van der Waals surface area contributed by atoms with Gasteiger partial charge in [0.15, 0.2) is 30.7 Å². The fourth-order valence-electron chi connectivity index (χ4n) is 5.70. The van der Waals surface area contributed by atoms with Gasteiger partial charge < -0.3 is 29.4 Å². The van der Waals surface area contributed by atoms with Crippen molar-refractivity contribution < 1.29 is 24.1 Å². The van der Waals surface area contributed by atoms with Crippen LogP contribution in [0.3, 0.4) is 0 Å². The molecule has 3 heterocycles. The highest BCUT2D eigenvalue weighted by molar-refractivity contribution is 6.76. The highest BCUT2D eigenvalue weighted by Crippen LogP contribution is 2.39. The zero-order chi connectivity index (χ0) is 35.8. The maximum absolute atomic E-state index is 10.5. The van der Waals surface area contributed by atoms with Crippen molar-refractivity contribution in [1.29, 1.82) is 5.26 Å². The number of benzene rings is 1. The number of hydrogen-bond donors (Lipinski definition) is 2. The molecule has 1 aliphatic carbocycles. The molecule has 0 bridgehead atoms. The van der Waals surface area contributed by atoms with Gasteiger partial charge in [0.2, 0.25) is 6.41 Å². The SMILES string of the molecule is C[Si](C)(C)CCOCOC(Nc1nn2ccc(C3CCC(O)(C#N)CC3)nc2c1-c1ccc(-c2ccccc2)nc1)OCOCC[Si](C)(C)C. The average Bonchev–Trinajstić information content (AvgIpc) is 3.44. The van der Waals surface area contributed by atoms with Crippen LogP contribution in [0.15, 0.2) is 60.9 Å². The van der Waals surface area contributed by atoms with Crippen LogP contribution in [0.25, 0.3) is 28.0 Å². The van der Waals surface area contributed by atoms with E-state index in [4.69, 9.17) is 34.0 Å². The second kappa shape index (κ2) is 16.7. The van der Waals surface area contributed by atoms with Crippen LogP contribution in [0.2, 0.25) is 51.4 Å². The molecule has 2 N–H and O–H groups in total. The van der Waals surface area contributed by atoms with Crippen molar-refractivity contribution in [2.75, 3.05) is 32.1 Å². The highest BCUT2D eigenvalue weighted by Gasteiger charge is 2.34. The molecule has 1 aliphatic rings. The van der Waals surface area contributed by atoms with E-state index in [1.807, 2.05) is 60.9 Å². The minimum absolute atomic E-state index is 0.0478. The van der Waals surface area contributed by atoms with Crippen LogP contribution >= 0.6 is 0 Å². The fourth-order valence-corrected chi connectivity index (χ4v) is 7.21. The first kappa shape index (κ1) is 37.8. The van der Waals surface area contributed by atoms with Gasteiger partial charge >= 0.3 is 0 Å². The van der Waals surface area contributed by atoms with Crippen LogP contribution < -0.4 is 5.32 Å². The molecular formula is C37H52N6O5Si2. The Morgan fingerprint density at radius 3 is 2.12 bits per heavy atom. The van der Waals surface area contributed by atoms with E-state index in [2.05, 4.69) is 50.7 Å². The lowest BCUT2D eigenvalue weighted by Gasteiger charge is -2.30. The lowest BCUT2D eigenvalue weighted by Crippen LogP contribution is -2.31. The topological polar surface area (TPSA) is 136 Å². The first-order valence-electron chi connectivity index (χ1n) is 17.5. The molecule has 50 heavy (non-hydrogen) atoms. The first-order chi connectivity index (χ1) is 23.8. The van der Waals surface area contributed by atoms with Crippen LogP contribution in [-0.2, 0) is 18.9 Å². The lowest BCUT2D eigenvalue weighted by atomic mass is 9.78. The molecule has 268 valence electrons. The molecule has 0 atom stereocenters. The van der Waals surface area contributed by atoms with Crippen LogP contribution in [0.5, 0.6) is 0 Å². The molecule has 1 fully saturated rings. The number of ether oxygens (including phenoxy) is 4. The summed E-state index contributed by atoms with van der Waals surface area (Å²) in [4.78, 5) is 9.92. The maximum atomic E-state index is 10.5. The molecule has 3 aromatic heterocycles. The van der Waals surface area contributed by atoms with Gasteiger partial charge in [0.25, 0.3) is 0 Å². The van der Waals surface area contributed by atoms with Crippen molar-refractivity contribution >= 4 is 27.6 Å². The van der Waals surface area contributed by atoms with E-state index < -0.39 is 28.2 Å². The Bertz CT molecular complexity index is 1690. The summed E-state index contributed by atoms with van der Waals surface area (Å²) in [6, 6.07) is 20.2. The molecule has 0 unspecified atom stereocenters. The summed E-state index contributed by atoms with van der Waals surface area (Å²) in [5.74, 6) is 0.632. The number of fused-ring (bicyclic) bond motifs is 1. The molecule has 13 heteroatoms. The van der Waals surface area contributed by atoms with Crippen molar-refractivity contribution in [1.82, 2.24) is 19.6 Å². The summed E-state index contributed by atoms with van der Waals surface area (Å²) in [5.41, 5.74) is 3.74. The summed E-state index contributed by atoms with van der Waals surface area (Å²) in [6.45, 7) is 15.2. The third-order valence-electron chi connectivity index (χ3n) is 8.92. The fraction of sp³-hybridized carbons (Fsp3) is 0.514. The quantitative estimate of drug-likeness (QED) is 0.0484. The minimum Gasteiger partial charge on any atom is -0.375 e.